The van der Waals surface area contributed by atoms with E-state index in [2.05, 4.69) is 15.3 Å². The van der Waals surface area contributed by atoms with E-state index in [1.165, 1.54) is 49.8 Å². The van der Waals surface area contributed by atoms with Crippen LogP contribution < -0.4 is 14.4 Å². The van der Waals surface area contributed by atoms with Gasteiger partial charge in [0.2, 0.25) is 0 Å². The summed E-state index contributed by atoms with van der Waals surface area (Å²) in [5.74, 6) is 0.126. The lowest BCUT2D eigenvalue weighted by atomic mass is 10.2. The van der Waals surface area contributed by atoms with Gasteiger partial charge >= 0.3 is 0 Å². The van der Waals surface area contributed by atoms with Crippen molar-refractivity contribution >= 4 is 33.0 Å². The largest absolute Gasteiger partial charge is 0.495 e. The summed E-state index contributed by atoms with van der Waals surface area (Å²) in [5.41, 5.74) is 2.55. The molecule has 2 aromatic carbocycles. The van der Waals surface area contributed by atoms with E-state index in [9.17, 15) is 13.2 Å². The van der Waals surface area contributed by atoms with Gasteiger partial charge < -0.3 is 10.1 Å². The molecule has 34 heavy (non-hydrogen) atoms. The average molecular weight is 495 g/mol. The van der Waals surface area contributed by atoms with Crippen LogP contribution in [0.2, 0.25) is 0 Å². The molecule has 1 amide bonds. The van der Waals surface area contributed by atoms with Gasteiger partial charge in [0.15, 0.2) is 0 Å². The third kappa shape index (κ3) is 4.92. The van der Waals surface area contributed by atoms with Gasteiger partial charge in [-0.05, 0) is 48.5 Å². The Hall–Kier alpha value is -3.76. The van der Waals surface area contributed by atoms with Crippen LogP contribution in [0.15, 0.2) is 83.3 Å². The van der Waals surface area contributed by atoms with Crippen molar-refractivity contribution in [2.24, 2.45) is 0 Å². The highest BCUT2D eigenvalue weighted by Gasteiger charge is 2.24. The molecule has 0 atom stereocenters. The molecule has 174 valence electrons. The fourth-order valence-electron chi connectivity index (χ4n) is 3.26. The van der Waals surface area contributed by atoms with Crippen LogP contribution in [0.3, 0.4) is 0 Å². The van der Waals surface area contributed by atoms with Gasteiger partial charge in [0.1, 0.15) is 10.8 Å². The molecular formula is C24H22N4O4S2. The lowest BCUT2D eigenvalue weighted by molar-refractivity contribution is 0.0950. The quantitative estimate of drug-likeness (QED) is 0.398. The van der Waals surface area contributed by atoms with Crippen LogP contribution in [0.5, 0.6) is 5.75 Å². The van der Waals surface area contributed by atoms with Gasteiger partial charge in [-0.15, -0.1) is 11.3 Å². The van der Waals surface area contributed by atoms with Crippen molar-refractivity contribution in [2.75, 3.05) is 18.5 Å². The van der Waals surface area contributed by atoms with E-state index in [1.54, 1.807) is 36.7 Å². The maximum atomic E-state index is 13.1. The lowest BCUT2D eigenvalue weighted by Gasteiger charge is -2.21. The molecule has 0 radical (unpaired) electrons. The van der Waals surface area contributed by atoms with Crippen LogP contribution in [-0.2, 0) is 16.6 Å². The summed E-state index contributed by atoms with van der Waals surface area (Å²) < 4.78 is 32.6. The minimum Gasteiger partial charge on any atom is -0.495 e. The molecule has 8 nitrogen and oxygen atoms in total. The number of thiazole rings is 1. The predicted molar refractivity (Wildman–Crippen MR) is 132 cm³/mol. The monoisotopic (exact) mass is 494 g/mol. The molecule has 2 heterocycles. The molecular weight excluding hydrogens is 472 g/mol. The van der Waals surface area contributed by atoms with Crippen molar-refractivity contribution in [1.82, 2.24) is 15.3 Å². The fourth-order valence-corrected chi connectivity index (χ4v) is 5.21. The second-order valence-electron chi connectivity index (χ2n) is 7.21. The topological polar surface area (TPSA) is 101 Å². The number of rotatable bonds is 8. The smallest absolute Gasteiger partial charge is 0.264 e. The number of pyridine rings is 1. The summed E-state index contributed by atoms with van der Waals surface area (Å²) >= 11 is 1.45. The summed E-state index contributed by atoms with van der Waals surface area (Å²) in [6, 6.07) is 16.4. The maximum Gasteiger partial charge on any atom is 0.264 e. The van der Waals surface area contributed by atoms with Crippen LogP contribution in [0.4, 0.5) is 5.69 Å². The van der Waals surface area contributed by atoms with E-state index < -0.39 is 10.0 Å². The third-order valence-electron chi connectivity index (χ3n) is 5.13. The van der Waals surface area contributed by atoms with Gasteiger partial charge in [-0.25, -0.2) is 13.4 Å². The highest BCUT2D eigenvalue weighted by atomic mass is 32.2. The normalized spacial score (nSPS) is 11.1. The number of sulfonamides is 1. The Morgan fingerprint density at radius 1 is 1.06 bits per heavy atom. The Morgan fingerprint density at radius 2 is 1.76 bits per heavy atom. The molecule has 1 N–H and O–H groups in total. The summed E-state index contributed by atoms with van der Waals surface area (Å²) in [5, 5.41) is 5.51. The standard InChI is InChI=1S/C24H22N4O4S2/c1-28(21-5-3-4-6-22(21)32-2)34(30,31)19-9-7-18(8-10-19)24(29)26-15-23-27-20(16-33-23)17-11-13-25-14-12-17/h3-14,16H,15H2,1-2H3,(H,26,29). The first-order chi connectivity index (χ1) is 16.4. The zero-order valence-corrected chi connectivity index (χ0v) is 20.1. The SMILES string of the molecule is COc1ccccc1N(C)S(=O)(=O)c1ccc(C(=O)NCc2nc(-c3ccncc3)cs2)cc1. The number of nitrogens with zero attached hydrogens (tertiary/aromatic N) is 3. The lowest BCUT2D eigenvalue weighted by Crippen LogP contribution is -2.27. The highest BCUT2D eigenvalue weighted by Crippen LogP contribution is 2.31. The molecule has 0 saturated carbocycles. The fraction of sp³-hybridized carbons (Fsp3) is 0.125. The third-order valence-corrected chi connectivity index (χ3v) is 7.76. The number of aromatic nitrogens is 2. The van der Waals surface area contributed by atoms with Crippen molar-refractivity contribution in [3.8, 4) is 17.0 Å². The van der Waals surface area contributed by atoms with Gasteiger partial charge in [0, 0.05) is 35.9 Å². The van der Waals surface area contributed by atoms with Crippen molar-refractivity contribution in [3.63, 3.8) is 0 Å². The number of benzene rings is 2. The highest BCUT2D eigenvalue weighted by molar-refractivity contribution is 7.92. The van der Waals surface area contributed by atoms with Crippen LogP contribution in [-0.4, -0.2) is 38.5 Å². The summed E-state index contributed by atoms with van der Waals surface area (Å²) in [6.07, 6.45) is 3.40. The molecule has 0 fully saturated rings. The number of hydrogen-bond donors (Lipinski definition) is 1. The number of anilines is 1. The summed E-state index contributed by atoms with van der Waals surface area (Å²) in [7, 11) is -0.892. The summed E-state index contributed by atoms with van der Waals surface area (Å²) in [6.45, 7) is 0.269. The van der Waals surface area contributed by atoms with E-state index in [0.29, 0.717) is 17.0 Å². The van der Waals surface area contributed by atoms with Crippen LogP contribution in [0.1, 0.15) is 15.4 Å². The van der Waals surface area contributed by atoms with E-state index in [-0.39, 0.29) is 17.3 Å². The molecule has 4 aromatic rings. The van der Waals surface area contributed by atoms with E-state index in [1.807, 2.05) is 17.5 Å². The van der Waals surface area contributed by atoms with Crippen molar-refractivity contribution in [3.05, 3.63) is 89.0 Å². The minimum absolute atomic E-state index is 0.0689. The first-order valence-electron chi connectivity index (χ1n) is 10.2. The molecule has 2 aromatic heterocycles. The molecule has 0 aliphatic heterocycles. The number of para-hydroxylation sites is 2. The first-order valence-corrected chi connectivity index (χ1v) is 12.6. The Kier molecular flexibility index (Phi) is 6.90. The van der Waals surface area contributed by atoms with Gasteiger partial charge in [0.05, 0.1) is 29.9 Å². The molecule has 0 bridgehead atoms. The Bertz CT molecular complexity index is 1390. The molecule has 4 rings (SSSR count). The Balaban J connectivity index is 1.43. The number of nitrogens with one attached hydrogen (secondary N) is 1. The van der Waals surface area contributed by atoms with Crippen LogP contribution in [0.25, 0.3) is 11.3 Å². The predicted octanol–water partition coefficient (Wildman–Crippen LogP) is 3.97. The maximum absolute atomic E-state index is 13.1. The minimum atomic E-state index is -3.84. The number of hydrogen-bond acceptors (Lipinski definition) is 7. The van der Waals surface area contributed by atoms with E-state index in [4.69, 9.17) is 4.74 Å². The first kappa shape index (κ1) is 23.4. The second kappa shape index (κ2) is 10.0. The molecule has 0 saturated heterocycles. The van der Waals surface area contributed by atoms with E-state index >= 15 is 0 Å². The van der Waals surface area contributed by atoms with Gasteiger partial charge in [-0.3, -0.25) is 14.1 Å². The number of amides is 1. The van der Waals surface area contributed by atoms with Crippen molar-refractivity contribution in [1.29, 1.82) is 0 Å². The number of ether oxygens (including phenoxy) is 1. The zero-order valence-electron chi connectivity index (χ0n) is 18.5. The molecule has 0 aliphatic rings. The summed E-state index contributed by atoms with van der Waals surface area (Å²) in [4.78, 5) is 21.2. The number of carbonyl (C=O) groups is 1. The zero-order chi connectivity index (χ0) is 24.1. The van der Waals surface area contributed by atoms with E-state index in [0.717, 1.165) is 20.6 Å². The second-order valence-corrected chi connectivity index (χ2v) is 10.1. The molecule has 0 aliphatic carbocycles. The average Bonchev–Trinajstić information content (AvgIpc) is 3.36. The molecule has 10 heteroatoms. The van der Waals surface area contributed by atoms with Crippen molar-refractivity contribution in [2.45, 2.75) is 11.4 Å². The van der Waals surface area contributed by atoms with Crippen molar-refractivity contribution < 1.29 is 17.9 Å². The van der Waals surface area contributed by atoms with Gasteiger partial charge in [0.25, 0.3) is 15.9 Å². The molecule has 0 unspecified atom stereocenters. The molecule has 0 spiro atoms. The van der Waals surface area contributed by atoms with Crippen LogP contribution in [0, 0.1) is 0 Å². The Labute approximate surface area is 201 Å². The van der Waals surface area contributed by atoms with Gasteiger partial charge in [-0.1, -0.05) is 12.1 Å². The number of methoxy groups -OCH3 is 1. The van der Waals surface area contributed by atoms with Crippen LogP contribution >= 0.6 is 11.3 Å². The Morgan fingerprint density at radius 3 is 2.47 bits per heavy atom. The van der Waals surface area contributed by atoms with Gasteiger partial charge in [-0.2, -0.15) is 0 Å². The number of carbonyl (C=O) groups excluding carboxylic acids is 1.